The van der Waals surface area contributed by atoms with Crippen molar-refractivity contribution in [2.24, 2.45) is 10.4 Å². The van der Waals surface area contributed by atoms with Gasteiger partial charge in [0.2, 0.25) is 10.0 Å². The van der Waals surface area contributed by atoms with Crippen LogP contribution in [0.15, 0.2) is 34.4 Å². The van der Waals surface area contributed by atoms with Crippen LogP contribution in [0.25, 0.3) is 0 Å². The summed E-state index contributed by atoms with van der Waals surface area (Å²) in [6.07, 6.45) is 9.13. The molecule has 1 fully saturated rings. The summed E-state index contributed by atoms with van der Waals surface area (Å²) in [6, 6.07) is 3.13. The predicted octanol–water partition coefficient (Wildman–Crippen LogP) is 1.89. The molecule has 1 aliphatic rings. The fraction of sp³-hybridized carbons (Fsp3) is 0.667. The molecule has 3 N–H and O–H groups in total. The summed E-state index contributed by atoms with van der Waals surface area (Å²) in [4.78, 5) is 8.76. The summed E-state index contributed by atoms with van der Waals surface area (Å²) in [5.74, 6) is 0.743. The van der Waals surface area contributed by atoms with Gasteiger partial charge < -0.3 is 10.6 Å². The van der Waals surface area contributed by atoms with Crippen LogP contribution in [-0.2, 0) is 10.0 Å². The molecule has 0 unspecified atom stereocenters. The molecule has 0 amide bonds. The molecular formula is C18H31N5O2S. The molecule has 0 atom stereocenters. The predicted molar refractivity (Wildman–Crippen MR) is 105 cm³/mol. The minimum absolute atomic E-state index is 0.173. The first-order chi connectivity index (χ1) is 12.5. The Hall–Kier alpha value is -1.67. The molecule has 1 saturated carbocycles. The van der Waals surface area contributed by atoms with Gasteiger partial charge in [0.25, 0.3) is 0 Å². The maximum Gasteiger partial charge on any atom is 0.242 e. The van der Waals surface area contributed by atoms with Gasteiger partial charge in [0.05, 0.1) is 0 Å². The first-order valence-electron chi connectivity index (χ1n) is 9.43. The van der Waals surface area contributed by atoms with Crippen LogP contribution in [0.2, 0.25) is 0 Å². The standard InChI is InChI=1S/C18H31N5O2S/c1-3-18(9-5-6-10-18)15-22-17(20-4-2)21-12-13-23-26(24,25)16-8-7-11-19-14-16/h7-8,11,14,23H,3-6,9-10,12-13,15H2,1-2H3,(H2,20,21,22). The van der Waals surface area contributed by atoms with E-state index in [1.807, 2.05) is 6.92 Å². The average molecular weight is 382 g/mol. The second-order valence-corrected chi connectivity index (χ2v) is 8.54. The number of nitrogens with zero attached hydrogens (tertiary/aromatic N) is 2. The maximum absolute atomic E-state index is 12.2. The highest BCUT2D eigenvalue weighted by molar-refractivity contribution is 7.89. The SMILES string of the molecule is CCNC(=NCC1(CC)CCCC1)NCCNS(=O)(=O)c1cccnc1. The lowest BCUT2D eigenvalue weighted by Gasteiger charge is -2.25. The number of rotatable bonds is 9. The Kier molecular flexibility index (Phi) is 7.84. The summed E-state index contributed by atoms with van der Waals surface area (Å²) in [7, 11) is -3.52. The van der Waals surface area contributed by atoms with Gasteiger partial charge in [-0.1, -0.05) is 19.8 Å². The van der Waals surface area contributed by atoms with Crippen molar-refractivity contribution >= 4 is 16.0 Å². The first kappa shape index (κ1) is 20.6. The summed E-state index contributed by atoms with van der Waals surface area (Å²) >= 11 is 0. The van der Waals surface area contributed by atoms with E-state index in [9.17, 15) is 8.42 Å². The van der Waals surface area contributed by atoms with Crippen LogP contribution in [-0.4, -0.2) is 45.5 Å². The molecule has 2 rings (SSSR count). The second-order valence-electron chi connectivity index (χ2n) is 6.77. The molecule has 1 aliphatic carbocycles. The zero-order valence-electron chi connectivity index (χ0n) is 15.8. The van der Waals surface area contributed by atoms with Crippen molar-refractivity contribution < 1.29 is 8.42 Å². The van der Waals surface area contributed by atoms with E-state index in [4.69, 9.17) is 4.99 Å². The third-order valence-corrected chi connectivity index (χ3v) is 6.43. The van der Waals surface area contributed by atoms with Crippen LogP contribution in [0.4, 0.5) is 0 Å². The third-order valence-electron chi connectivity index (χ3n) is 4.99. The number of guanidine groups is 1. The van der Waals surface area contributed by atoms with Crippen molar-refractivity contribution in [3.05, 3.63) is 24.5 Å². The fourth-order valence-corrected chi connectivity index (χ4v) is 4.29. The van der Waals surface area contributed by atoms with Gasteiger partial charge in [0.15, 0.2) is 5.96 Å². The second kappa shape index (κ2) is 9.87. The number of aromatic nitrogens is 1. The van der Waals surface area contributed by atoms with Crippen molar-refractivity contribution in [1.82, 2.24) is 20.3 Å². The molecule has 0 radical (unpaired) electrons. The third kappa shape index (κ3) is 5.95. The van der Waals surface area contributed by atoms with Crippen LogP contribution in [0, 0.1) is 5.41 Å². The molecule has 26 heavy (non-hydrogen) atoms. The van der Waals surface area contributed by atoms with E-state index in [0.717, 1.165) is 25.5 Å². The molecule has 7 nitrogen and oxygen atoms in total. The van der Waals surface area contributed by atoms with E-state index >= 15 is 0 Å². The number of sulfonamides is 1. The lowest BCUT2D eigenvalue weighted by atomic mass is 9.84. The lowest BCUT2D eigenvalue weighted by Crippen LogP contribution is -2.42. The van der Waals surface area contributed by atoms with Gasteiger partial charge in [-0.05, 0) is 43.7 Å². The average Bonchev–Trinajstić information content (AvgIpc) is 3.13. The lowest BCUT2D eigenvalue weighted by molar-refractivity contribution is 0.297. The van der Waals surface area contributed by atoms with E-state index in [2.05, 4.69) is 27.3 Å². The topological polar surface area (TPSA) is 95.5 Å². The molecule has 0 bridgehead atoms. The van der Waals surface area contributed by atoms with Gasteiger partial charge in [-0.2, -0.15) is 0 Å². The van der Waals surface area contributed by atoms with Crippen LogP contribution in [0.5, 0.6) is 0 Å². The summed E-state index contributed by atoms with van der Waals surface area (Å²) in [5.41, 5.74) is 0.338. The normalized spacial score (nSPS) is 17.2. The number of hydrogen-bond acceptors (Lipinski definition) is 4. The Morgan fingerprint density at radius 3 is 2.62 bits per heavy atom. The quantitative estimate of drug-likeness (QED) is 0.345. The number of aliphatic imine (C=N–C) groups is 1. The zero-order valence-corrected chi connectivity index (χ0v) is 16.6. The highest BCUT2D eigenvalue weighted by Gasteiger charge is 2.31. The molecule has 0 saturated heterocycles. The van der Waals surface area contributed by atoms with Gasteiger partial charge in [-0.25, -0.2) is 13.1 Å². The smallest absolute Gasteiger partial charge is 0.242 e. The monoisotopic (exact) mass is 381 g/mol. The van der Waals surface area contributed by atoms with E-state index < -0.39 is 10.0 Å². The van der Waals surface area contributed by atoms with Gasteiger partial charge >= 0.3 is 0 Å². The highest BCUT2D eigenvalue weighted by Crippen LogP contribution is 2.41. The van der Waals surface area contributed by atoms with Crippen LogP contribution >= 0.6 is 0 Å². The Morgan fingerprint density at radius 1 is 1.23 bits per heavy atom. The van der Waals surface area contributed by atoms with Crippen LogP contribution in [0.1, 0.15) is 46.0 Å². The van der Waals surface area contributed by atoms with E-state index in [1.165, 1.54) is 37.9 Å². The molecular weight excluding hydrogens is 350 g/mol. The fourth-order valence-electron chi connectivity index (χ4n) is 3.29. The number of hydrogen-bond donors (Lipinski definition) is 3. The van der Waals surface area contributed by atoms with Crippen molar-refractivity contribution in [2.75, 3.05) is 26.2 Å². The molecule has 146 valence electrons. The summed E-state index contributed by atoms with van der Waals surface area (Å²) < 4.78 is 26.9. The number of pyridine rings is 1. The largest absolute Gasteiger partial charge is 0.357 e. The molecule has 0 aromatic carbocycles. The van der Waals surface area contributed by atoms with Crippen molar-refractivity contribution in [3.8, 4) is 0 Å². The van der Waals surface area contributed by atoms with Gasteiger partial charge in [0.1, 0.15) is 4.90 Å². The number of nitrogens with one attached hydrogen (secondary N) is 3. The van der Waals surface area contributed by atoms with Crippen LogP contribution in [0.3, 0.4) is 0 Å². The minimum Gasteiger partial charge on any atom is -0.357 e. The van der Waals surface area contributed by atoms with E-state index in [0.29, 0.717) is 12.0 Å². The molecule has 1 aromatic heterocycles. The van der Waals surface area contributed by atoms with E-state index in [1.54, 1.807) is 12.3 Å². The molecule has 1 aromatic rings. The van der Waals surface area contributed by atoms with Crippen molar-refractivity contribution in [2.45, 2.75) is 50.8 Å². The van der Waals surface area contributed by atoms with Crippen LogP contribution < -0.4 is 15.4 Å². The Morgan fingerprint density at radius 2 is 2.00 bits per heavy atom. The Labute approximate surface area is 157 Å². The molecule has 8 heteroatoms. The van der Waals surface area contributed by atoms with E-state index in [-0.39, 0.29) is 11.4 Å². The first-order valence-corrected chi connectivity index (χ1v) is 10.9. The Balaban J connectivity index is 1.83. The zero-order chi connectivity index (χ0) is 18.9. The van der Waals surface area contributed by atoms with Gasteiger partial charge in [0, 0.05) is 38.6 Å². The van der Waals surface area contributed by atoms with Gasteiger partial charge in [-0.15, -0.1) is 0 Å². The highest BCUT2D eigenvalue weighted by atomic mass is 32.2. The summed E-state index contributed by atoms with van der Waals surface area (Å²) in [5, 5.41) is 6.44. The summed E-state index contributed by atoms with van der Waals surface area (Å²) in [6.45, 7) is 6.60. The maximum atomic E-state index is 12.2. The van der Waals surface area contributed by atoms with Gasteiger partial charge in [-0.3, -0.25) is 9.98 Å². The molecule has 0 spiro atoms. The van der Waals surface area contributed by atoms with Crippen molar-refractivity contribution in [3.63, 3.8) is 0 Å². The van der Waals surface area contributed by atoms with Crippen molar-refractivity contribution in [1.29, 1.82) is 0 Å². The molecule has 0 aliphatic heterocycles. The molecule has 1 heterocycles. The minimum atomic E-state index is -3.52. The Bertz CT molecular complexity index is 670.